The summed E-state index contributed by atoms with van der Waals surface area (Å²) in [7, 11) is 0. The van der Waals surface area contributed by atoms with Gasteiger partial charge in [0.1, 0.15) is 0 Å². The lowest BCUT2D eigenvalue weighted by atomic mass is 10.1. The lowest BCUT2D eigenvalue weighted by Gasteiger charge is -2.11. The Kier molecular flexibility index (Phi) is 4.18. The lowest BCUT2D eigenvalue weighted by molar-refractivity contribution is -0.114. The third-order valence-corrected chi connectivity index (χ3v) is 2.88. The number of anilines is 2. The summed E-state index contributed by atoms with van der Waals surface area (Å²) in [5.74, 6) is -1.43. The molecule has 0 saturated heterocycles. The lowest BCUT2D eigenvalue weighted by Crippen LogP contribution is -2.06. The second-order valence-electron chi connectivity index (χ2n) is 4.56. The number of hydrogen-bond donors (Lipinski definition) is 5. The number of phenolic OH excluding ortho intramolecular Hbond substituents is 3. The van der Waals surface area contributed by atoms with Gasteiger partial charge in [-0.15, -0.1) is 0 Å². The minimum Gasteiger partial charge on any atom is -0.504 e. The largest absolute Gasteiger partial charge is 0.504 e. The summed E-state index contributed by atoms with van der Waals surface area (Å²) in [4.78, 5) is 11.0. The topological polar surface area (TPSA) is 102 Å². The van der Waals surface area contributed by atoms with E-state index in [0.29, 0.717) is 11.3 Å². The van der Waals surface area contributed by atoms with Crippen molar-refractivity contribution in [3.05, 3.63) is 42.0 Å². The number of amides is 1. The number of phenols is 3. The quantitative estimate of drug-likeness (QED) is 0.556. The number of rotatable bonds is 4. The van der Waals surface area contributed by atoms with Crippen LogP contribution in [-0.4, -0.2) is 21.2 Å². The average molecular weight is 288 g/mol. The third kappa shape index (κ3) is 3.56. The van der Waals surface area contributed by atoms with Crippen molar-refractivity contribution < 1.29 is 20.1 Å². The molecule has 0 atom stereocenters. The molecular formula is C15H16N2O4. The second kappa shape index (κ2) is 6.04. The van der Waals surface area contributed by atoms with Crippen molar-refractivity contribution >= 4 is 17.3 Å². The van der Waals surface area contributed by atoms with Crippen LogP contribution in [0.5, 0.6) is 17.2 Å². The third-order valence-electron chi connectivity index (χ3n) is 2.88. The van der Waals surface area contributed by atoms with Crippen LogP contribution in [0.25, 0.3) is 0 Å². The fourth-order valence-corrected chi connectivity index (χ4v) is 1.86. The standard InChI is InChI=1S/C15H16N2O4/c1-9(18)17-12-4-2-3-11(7-12)16-8-10-5-6-13(19)15(21)14(10)20/h2-7,16,19-21H,8H2,1H3,(H,17,18). The van der Waals surface area contributed by atoms with E-state index in [1.807, 2.05) is 6.07 Å². The highest BCUT2D eigenvalue weighted by atomic mass is 16.3. The van der Waals surface area contributed by atoms with Gasteiger partial charge in [-0.1, -0.05) is 6.07 Å². The number of carbonyl (C=O) groups excluding carboxylic acids is 1. The molecule has 0 spiro atoms. The summed E-state index contributed by atoms with van der Waals surface area (Å²) < 4.78 is 0. The van der Waals surface area contributed by atoms with Gasteiger partial charge in [0.25, 0.3) is 0 Å². The van der Waals surface area contributed by atoms with E-state index in [-0.39, 0.29) is 24.0 Å². The first kappa shape index (κ1) is 14.5. The van der Waals surface area contributed by atoms with E-state index in [0.717, 1.165) is 5.69 Å². The van der Waals surface area contributed by atoms with Crippen LogP contribution in [0.3, 0.4) is 0 Å². The molecule has 6 heteroatoms. The molecule has 0 fully saturated rings. The fraction of sp³-hybridized carbons (Fsp3) is 0.133. The molecule has 0 saturated carbocycles. The molecule has 5 N–H and O–H groups in total. The maximum absolute atomic E-state index is 11.0. The van der Waals surface area contributed by atoms with Gasteiger partial charge in [0.05, 0.1) is 0 Å². The van der Waals surface area contributed by atoms with Crippen molar-refractivity contribution in [3.63, 3.8) is 0 Å². The predicted octanol–water partition coefficient (Wildman–Crippen LogP) is 2.37. The average Bonchev–Trinajstić information content (AvgIpc) is 2.44. The van der Waals surface area contributed by atoms with Gasteiger partial charge in [-0.25, -0.2) is 0 Å². The van der Waals surface area contributed by atoms with Gasteiger partial charge >= 0.3 is 0 Å². The van der Waals surface area contributed by atoms with Crippen molar-refractivity contribution in [2.45, 2.75) is 13.5 Å². The van der Waals surface area contributed by atoms with Gasteiger partial charge in [0.15, 0.2) is 11.5 Å². The maximum atomic E-state index is 11.0. The van der Waals surface area contributed by atoms with Gasteiger partial charge in [-0.3, -0.25) is 4.79 Å². The van der Waals surface area contributed by atoms with Gasteiger partial charge in [0, 0.05) is 30.4 Å². The van der Waals surface area contributed by atoms with E-state index in [1.165, 1.54) is 19.1 Å². The SMILES string of the molecule is CC(=O)Nc1cccc(NCc2ccc(O)c(O)c2O)c1. The molecule has 2 aromatic rings. The minimum absolute atomic E-state index is 0.159. The zero-order valence-electron chi connectivity index (χ0n) is 11.4. The van der Waals surface area contributed by atoms with Crippen LogP contribution in [0, 0.1) is 0 Å². The van der Waals surface area contributed by atoms with Crippen LogP contribution >= 0.6 is 0 Å². The first-order chi connectivity index (χ1) is 9.97. The molecule has 0 bridgehead atoms. The fourth-order valence-electron chi connectivity index (χ4n) is 1.86. The molecule has 0 aliphatic heterocycles. The minimum atomic E-state index is -0.540. The van der Waals surface area contributed by atoms with Crippen LogP contribution in [0.15, 0.2) is 36.4 Å². The number of hydrogen-bond acceptors (Lipinski definition) is 5. The Labute approximate surface area is 121 Å². The number of aromatic hydroxyl groups is 3. The van der Waals surface area contributed by atoms with E-state index >= 15 is 0 Å². The molecule has 2 aromatic carbocycles. The first-order valence-electron chi connectivity index (χ1n) is 6.31. The zero-order chi connectivity index (χ0) is 15.4. The molecule has 0 aromatic heterocycles. The maximum Gasteiger partial charge on any atom is 0.221 e. The Morgan fingerprint density at radius 3 is 2.48 bits per heavy atom. The molecule has 0 unspecified atom stereocenters. The van der Waals surface area contributed by atoms with Crippen LogP contribution in [0.2, 0.25) is 0 Å². The first-order valence-corrected chi connectivity index (χ1v) is 6.31. The Hall–Kier alpha value is -2.89. The van der Waals surface area contributed by atoms with E-state index in [9.17, 15) is 20.1 Å². The van der Waals surface area contributed by atoms with Crippen LogP contribution < -0.4 is 10.6 Å². The molecule has 0 heterocycles. The van der Waals surface area contributed by atoms with Crippen LogP contribution in [0.4, 0.5) is 11.4 Å². The number of carbonyl (C=O) groups is 1. The van der Waals surface area contributed by atoms with E-state index in [2.05, 4.69) is 10.6 Å². The zero-order valence-corrected chi connectivity index (χ0v) is 11.4. The summed E-state index contributed by atoms with van der Waals surface area (Å²) in [5.41, 5.74) is 1.84. The molecule has 21 heavy (non-hydrogen) atoms. The smallest absolute Gasteiger partial charge is 0.221 e. The summed E-state index contributed by atoms with van der Waals surface area (Å²) in [5, 5.41) is 34.2. The van der Waals surface area contributed by atoms with E-state index < -0.39 is 5.75 Å². The number of nitrogens with one attached hydrogen (secondary N) is 2. The molecular weight excluding hydrogens is 272 g/mol. The Morgan fingerprint density at radius 2 is 1.76 bits per heavy atom. The molecule has 110 valence electrons. The van der Waals surface area contributed by atoms with Crippen molar-refractivity contribution in [2.75, 3.05) is 10.6 Å². The Balaban J connectivity index is 2.10. The van der Waals surface area contributed by atoms with Gasteiger partial charge < -0.3 is 26.0 Å². The molecule has 0 aliphatic carbocycles. The Morgan fingerprint density at radius 1 is 1.05 bits per heavy atom. The highest BCUT2D eigenvalue weighted by Crippen LogP contribution is 2.37. The number of benzene rings is 2. The van der Waals surface area contributed by atoms with E-state index in [1.54, 1.807) is 18.2 Å². The highest BCUT2D eigenvalue weighted by Gasteiger charge is 2.10. The van der Waals surface area contributed by atoms with Crippen LogP contribution in [0.1, 0.15) is 12.5 Å². The Bertz CT molecular complexity index is 671. The molecule has 1 amide bonds. The summed E-state index contributed by atoms with van der Waals surface area (Å²) in [6, 6.07) is 9.91. The van der Waals surface area contributed by atoms with Crippen molar-refractivity contribution in [1.82, 2.24) is 0 Å². The van der Waals surface area contributed by atoms with Crippen LogP contribution in [-0.2, 0) is 11.3 Å². The highest BCUT2D eigenvalue weighted by molar-refractivity contribution is 5.89. The molecule has 0 aliphatic rings. The summed E-state index contributed by atoms with van der Waals surface area (Å²) in [6.45, 7) is 1.68. The summed E-state index contributed by atoms with van der Waals surface area (Å²) >= 11 is 0. The molecule has 0 radical (unpaired) electrons. The van der Waals surface area contributed by atoms with Gasteiger partial charge in [0.2, 0.25) is 11.7 Å². The van der Waals surface area contributed by atoms with Gasteiger partial charge in [-0.05, 0) is 30.3 Å². The van der Waals surface area contributed by atoms with Crippen molar-refractivity contribution in [1.29, 1.82) is 0 Å². The van der Waals surface area contributed by atoms with Crippen molar-refractivity contribution in [2.24, 2.45) is 0 Å². The predicted molar refractivity (Wildman–Crippen MR) is 79.5 cm³/mol. The molecule has 6 nitrogen and oxygen atoms in total. The van der Waals surface area contributed by atoms with E-state index in [4.69, 9.17) is 0 Å². The monoisotopic (exact) mass is 288 g/mol. The summed E-state index contributed by atoms with van der Waals surface area (Å²) in [6.07, 6.45) is 0. The van der Waals surface area contributed by atoms with Crippen molar-refractivity contribution in [3.8, 4) is 17.2 Å². The molecule has 2 rings (SSSR count). The normalized spacial score (nSPS) is 10.1. The van der Waals surface area contributed by atoms with Gasteiger partial charge in [-0.2, -0.15) is 0 Å². The second-order valence-corrected chi connectivity index (χ2v) is 4.56.